The fraction of sp³-hybridized carbons (Fsp3) is 0.133. The Balaban J connectivity index is 2.19. The lowest BCUT2D eigenvalue weighted by Crippen LogP contribution is -2.14. The summed E-state index contributed by atoms with van der Waals surface area (Å²) in [6.45, 7) is 1.93. The van der Waals surface area contributed by atoms with Gasteiger partial charge in [-0.2, -0.15) is 0 Å². The monoisotopic (exact) mass is 292 g/mol. The van der Waals surface area contributed by atoms with Gasteiger partial charge in [0.1, 0.15) is 24.0 Å². The van der Waals surface area contributed by atoms with Gasteiger partial charge in [0.05, 0.1) is 5.56 Å². The van der Waals surface area contributed by atoms with E-state index in [1.807, 2.05) is 6.92 Å². The summed E-state index contributed by atoms with van der Waals surface area (Å²) in [4.78, 5) is 0. The highest BCUT2D eigenvalue weighted by Crippen LogP contribution is 2.23. The van der Waals surface area contributed by atoms with Crippen LogP contribution in [0.5, 0.6) is 5.75 Å². The molecule has 0 amide bonds. The molecule has 0 heterocycles. The Hall–Kier alpha value is -2.07. The van der Waals surface area contributed by atoms with Gasteiger partial charge >= 0.3 is 0 Å². The molecule has 0 atom stereocenters. The number of ether oxygens (including phenoxy) is 1. The average molecular weight is 293 g/mol. The molecule has 0 saturated carbocycles. The number of nitrogens with one attached hydrogen (secondary N) is 1. The highest BCUT2D eigenvalue weighted by molar-refractivity contribution is 6.30. The molecular weight excluding hydrogens is 279 g/mol. The average Bonchev–Trinajstić information content (AvgIpc) is 2.39. The zero-order valence-corrected chi connectivity index (χ0v) is 11.7. The Labute approximate surface area is 121 Å². The molecule has 0 spiro atoms. The van der Waals surface area contributed by atoms with Crippen molar-refractivity contribution in [3.63, 3.8) is 0 Å². The third-order valence-electron chi connectivity index (χ3n) is 2.89. The van der Waals surface area contributed by atoms with Crippen molar-refractivity contribution in [1.29, 1.82) is 5.41 Å². The number of hydrogen-bond donors (Lipinski definition) is 2. The molecule has 0 aliphatic heterocycles. The van der Waals surface area contributed by atoms with Gasteiger partial charge in [0.2, 0.25) is 0 Å². The lowest BCUT2D eigenvalue weighted by atomic mass is 10.1. The normalized spacial score (nSPS) is 10.3. The van der Waals surface area contributed by atoms with E-state index in [2.05, 4.69) is 0 Å². The van der Waals surface area contributed by atoms with Crippen LogP contribution in [0.3, 0.4) is 0 Å². The fourth-order valence-electron chi connectivity index (χ4n) is 1.83. The maximum absolute atomic E-state index is 14.1. The second-order valence-corrected chi connectivity index (χ2v) is 4.83. The predicted molar refractivity (Wildman–Crippen MR) is 77.9 cm³/mol. The SMILES string of the molecule is Cc1cc(Cl)ccc1OCc1cccc(C(=N)N)c1F. The van der Waals surface area contributed by atoms with Crippen LogP contribution in [0.25, 0.3) is 0 Å². The van der Waals surface area contributed by atoms with E-state index in [1.54, 1.807) is 30.3 Å². The van der Waals surface area contributed by atoms with Gasteiger partial charge in [0, 0.05) is 10.6 Å². The summed E-state index contributed by atoms with van der Waals surface area (Å²) in [7, 11) is 0. The smallest absolute Gasteiger partial charge is 0.140 e. The molecule has 20 heavy (non-hydrogen) atoms. The number of nitrogen functional groups attached to an aromatic ring is 1. The lowest BCUT2D eigenvalue weighted by molar-refractivity contribution is 0.298. The molecule has 3 N–H and O–H groups in total. The van der Waals surface area contributed by atoms with Crippen LogP contribution < -0.4 is 10.5 Å². The molecule has 5 heteroatoms. The highest BCUT2D eigenvalue weighted by Gasteiger charge is 2.11. The number of amidine groups is 1. The predicted octanol–water partition coefficient (Wildman–Crippen LogP) is 3.65. The second-order valence-electron chi connectivity index (χ2n) is 4.39. The molecule has 0 aromatic heterocycles. The number of nitrogens with two attached hydrogens (primary N) is 1. The second kappa shape index (κ2) is 5.92. The number of aryl methyl sites for hydroxylation is 1. The van der Waals surface area contributed by atoms with Crippen LogP contribution in [0.2, 0.25) is 5.02 Å². The number of halogens is 2. The lowest BCUT2D eigenvalue weighted by Gasteiger charge is -2.11. The van der Waals surface area contributed by atoms with E-state index in [9.17, 15) is 4.39 Å². The van der Waals surface area contributed by atoms with E-state index >= 15 is 0 Å². The maximum Gasteiger partial charge on any atom is 0.140 e. The van der Waals surface area contributed by atoms with Gasteiger partial charge in [-0.25, -0.2) is 4.39 Å². The van der Waals surface area contributed by atoms with Crippen molar-refractivity contribution in [2.45, 2.75) is 13.5 Å². The minimum atomic E-state index is -0.522. The third-order valence-corrected chi connectivity index (χ3v) is 3.12. The minimum absolute atomic E-state index is 0.0649. The zero-order chi connectivity index (χ0) is 14.7. The zero-order valence-electron chi connectivity index (χ0n) is 10.9. The van der Waals surface area contributed by atoms with Crippen LogP contribution in [0, 0.1) is 18.2 Å². The molecule has 0 unspecified atom stereocenters. The first-order valence-corrected chi connectivity index (χ1v) is 6.37. The minimum Gasteiger partial charge on any atom is -0.489 e. The molecule has 0 radical (unpaired) electrons. The van der Waals surface area contributed by atoms with E-state index < -0.39 is 5.82 Å². The molecule has 2 rings (SSSR count). The first-order valence-electron chi connectivity index (χ1n) is 6.00. The third kappa shape index (κ3) is 3.08. The molecule has 2 aromatic rings. The number of rotatable bonds is 4. The highest BCUT2D eigenvalue weighted by atomic mass is 35.5. The van der Waals surface area contributed by atoms with Crippen molar-refractivity contribution in [3.05, 3.63) is 63.9 Å². The summed E-state index contributed by atoms with van der Waals surface area (Å²) in [6, 6.07) is 9.95. The number of hydrogen-bond acceptors (Lipinski definition) is 2. The molecule has 0 saturated heterocycles. The van der Waals surface area contributed by atoms with E-state index in [0.717, 1.165) is 5.56 Å². The fourth-order valence-corrected chi connectivity index (χ4v) is 2.06. The Bertz CT molecular complexity index is 658. The summed E-state index contributed by atoms with van der Waals surface area (Å²) in [6.07, 6.45) is 0. The van der Waals surface area contributed by atoms with E-state index in [1.165, 1.54) is 6.07 Å². The van der Waals surface area contributed by atoms with Crippen molar-refractivity contribution >= 4 is 17.4 Å². The standard InChI is InChI=1S/C15H14ClFN2O/c1-9-7-11(16)5-6-13(9)20-8-10-3-2-4-12(14(10)17)15(18)19/h2-7H,8H2,1H3,(H3,18,19). The van der Waals surface area contributed by atoms with Crippen molar-refractivity contribution < 1.29 is 9.13 Å². The summed E-state index contributed by atoms with van der Waals surface area (Å²) >= 11 is 5.86. The van der Waals surface area contributed by atoms with Crippen LogP contribution in [0.4, 0.5) is 4.39 Å². The molecule has 0 bridgehead atoms. The van der Waals surface area contributed by atoms with Gasteiger partial charge < -0.3 is 10.5 Å². The maximum atomic E-state index is 14.1. The molecule has 3 nitrogen and oxygen atoms in total. The molecule has 104 valence electrons. The van der Waals surface area contributed by atoms with Gasteiger partial charge in [-0.15, -0.1) is 0 Å². The van der Waals surface area contributed by atoms with Crippen LogP contribution in [0.1, 0.15) is 16.7 Å². The quantitative estimate of drug-likeness (QED) is 0.667. The van der Waals surface area contributed by atoms with Crippen molar-refractivity contribution in [3.8, 4) is 5.75 Å². The summed E-state index contributed by atoms with van der Waals surface area (Å²) in [5, 5.41) is 7.93. The van der Waals surface area contributed by atoms with Crippen LogP contribution in [-0.4, -0.2) is 5.84 Å². The first kappa shape index (κ1) is 14.3. The van der Waals surface area contributed by atoms with E-state index in [4.69, 9.17) is 27.5 Å². The molecule has 0 fully saturated rings. The first-order chi connectivity index (χ1) is 9.49. The van der Waals surface area contributed by atoms with Crippen molar-refractivity contribution in [2.24, 2.45) is 5.73 Å². The Morgan fingerprint density at radius 1 is 1.35 bits per heavy atom. The van der Waals surface area contributed by atoms with Crippen molar-refractivity contribution in [1.82, 2.24) is 0 Å². The van der Waals surface area contributed by atoms with Gasteiger partial charge in [0.15, 0.2) is 0 Å². The molecule has 0 aliphatic carbocycles. The van der Waals surface area contributed by atoms with E-state index in [-0.39, 0.29) is 18.0 Å². The van der Waals surface area contributed by atoms with Crippen LogP contribution in [0.15, 0.2) is 36.4 Å². The topological polar surface area (TPSA) is 59.1 Å². The number of benzene rings is 2. The van der Waals surface area contributed by atoms with Gasteiger partial charge in [-0.3, -0.25) is 5.41 Å². The Morgan fingerprint density at radius 3 is 2.75 bits per heavy atom. The Morgan fingerprint density at radius 2 is 2.10 bits per heavy atom. The molecular formula is C15H14ClFN2O. The summed E-state index contributed by atoms with van der Waals surface area (Å²) in [5.41, 5.74) is 6.63. The van der Waals surface area contributed by atoms with Crippen molar-refractivity contribution in [2.75, 3.05) is 0 Å². The molecule has 0 aliphatic rings. The van der Waals surface area contributed by atoms with Crippen LogP contribution in [-0.2, 0) is 6.61 Å². The van der Waals surface area contributed by atoms with Crippen LogP contribution >= 0.6 is 11.6 Å². The summed E-state index contributed by atoms with van der Waals surface area (Å²) in [5.74, 6) is -0.180. The van der Waals surface area contributed by atoms with Gasteiger partial charge in [-0.05, 0) is 36.8 Å². The summed E-state index contributed by atoms with van der Waals surface area (Å²) < 4.78 is 19.7. The largest absolute Gasteiger partial charge is 0.489 e. The van der Waals surface area contributed by atoms with E-state index in [0.29, 0.717) is 16.3 Å². The van der Waals surface area contributed by atoms with Gasteiger partial charge in [0.25, 0.3) is 0 Å². The van der Waals surface area contributed by atoms with Gasteiger partial charge in [-0.1, -0.05) is 23.7 Å². The molecule has 2 aromatic carbocycles. The Kier molecular flexibility index (Phi) is 4.25.